The van der Waals surface area contributed by atoms with Gasteiger partial charge in [-0.2, -0.15) is 0 Å². The molecule has 0 saturated heterocycles. The lowest BCUT2D eigenvalue weighted by molar-refractivity contribution is 0.0646. The molecule has 0 unspecified atom stereocenters. The van der Waals surface area contributed by atoms with Crippen LogP contribution in [0.1, 0.15) is 58.1 Å². The zero-order valence-corrected chi connectivity index (χ0v) is 9.22. The highest BCUT2D eigenvalue weighted by Crippen LogP contribution is 2.33. The van der Waals surface area contributed by atoms with Crippen molar-refractivity contribution in [2.24, 2.45) is 0 Å². The number of carboxylic acid groups (broad SMARTS) is 2. The van der Waals surface area contributed by atoms with Crippen molar-refractivity contribution in [2.45, 2.75) is 31.6 Å². The Kier molecular flexibility index (Phi) is 3.08. The minimum atomic E-state index is -1.29. The summed E-state index contributed by atoms with van der Waals surface area (Å²) in [4.78, 5) is 25.8. The Labute approximate surface area is 98.1 Å². The van der Waals surface area contributed by atoms with Crippen molar-refractivity contribution >= 4 is 11.9 Å². The van der Waals surface area contributed by atoms with Gasteiger partial charge in [0.1, 0.15) is 0 Å². The molecule has 0 bridgehead atoms. The number of carboxylic acids is 2. The monoisotopic (exact) mass is 235 g/mol. The standard InChI is InChI=1S/C12H13NO4/c14-11(15)8-5-6-9(7-3-1-2-4-7)13-10(8)12(16)17/h5-7H,1-4H2,(H,14,15)(H,16,17). The Bertz CT molecular complexity index is 464. The van der Waals surface area contributed by atoms with Gasteiger partial charge in [-0.15, -0.1) is 0 Å². The average molecular weight is 235 g/mol. The van der Waals surface area contributed by atoms with Gasteiger partial charge in [0.15, 0.2) is 5.69 Å². The Hall–Kier alpha value is -1.91. The van der Waals surface area contributed by atoms with Crippen LogP contribution in [0.3, 0.4) is 0 Å². The minimum absolute atomic E-state index is 0.251. The first-order valence-corrected chi connectivity index (χ1v) is 5.57. The van der Waals surface area contributed by atoms with Crippen LogP contribution in [-0.4, -0.2) is 27.1 Å². The van der Waals surface area contributed by atoms with Crippen LogP contribution in [0.5, 0.6) is 0 Å². The van der Waals surface area contributed by atoms with Gasteiger partial charge < -0.3 is 10.2 Å². The third-order valence-corrected chi connectivity index (χ3v) is 3.12. The van der Waals surface area contributed by atoms with E-state index in [4.69, 9.17) is 10.2 Å². The number of nitrogens with zero attached hydrogens (tertiary/aromatic N) is 1. The highest BCUT2D eigenvalue weighted by molar-refractivity contribution is 6.00. The second-order valence-electron chi connectivity index (χ2n) is 4.22. The molecule has 17 heavy (non-hydrogen) atoms. The van der Waals surface area contributed by atoms with Gasteiger partial charge in [-0.3, -0.25) is 0 Å². The van der Waals surface area contributed by atoms with Crippen LogP contribution in [-0.2, 0) is 0 Å². The molecule has 1 heterocycles. The van der Waals surface area contributed by atoms with Crippen LogP contribution in [0, 0.1) is 0 Å². The highest BCUT2D eigenvalue weighted by Gasteiger charge is 2.23. The molecule has 0 spiro atoms. The summed E-state index contributed by atoms with van der Waals surface area (Å²) in [6.07, 6.45) is 4.24. The molecule has 1 aliphatic rings. The van der Waals surface area contributed by atoms with Crippen LogP contribution in [0.15, 0.2) is 12.1 Å². The van der Waals surface area contributed by atoms with Crippen molar-refractivity contribution in [3.05, 3.63) is 29.1 Å². The van der Waals surface area contributed by atoms with Gasteiger partial charge in [-0.05, 0) is 25.0 Å². The summed E-state index contributed by atoms with van der Waals surface area (Å²) in [5.41, 5.74) is 0.0889. The average Bonchev–Trinajstić information content (AvgIpc) is 2.81. The molecular weight excluding hydrogens is 222 g/mol. The van der Waals surface area contributed by atoms with E-state index in [1.54, 1.807) is 6.07 Å². The van der Waals surface area contributed by atoms with Crippen molar-refractivity contribution in [1.29, 1.82) is 0 Å². The molecule has 1 saturated carbocycles. The molecule has 0 aliphatic heterocycles. The number of carbonyl (C=O) groups is 2. The maximum absolute atomic E-state index is 11.0. The van der Waals surface area contributed by atoms with Gasteiger partial charge in [-0.1, -0.05) is 12.8 Å². The quantitative estimate of drug-likeness (QED) is 0.837. The first-order valence-electron chi connectivity index (χ1n) is 5.57. The van der Waals surface area contributed by atoms with E-state index < -0.39 is 11.9 Å². The molecule has 1 aromatic heterocycles. The number of aromatic carboxylic acids is 2. The van der Waals surface area contributed by atoms with E-state index in [1.165, 1.54) is 6.07 Å². The number of rotatable bonds is 3. The molecular formula is C12H13NO4. The summed E-state index contributed by atoms with van der Waals surface area (Å²) in [6, 6.07) is 2.97. The molecule has 0 atom stereocenters. The van der Waals surface area contributed by atoms with Crippen molar-refractivity contribution in [3.63, 3.8) is 0 Å². The summed E-state index contributed by atoms with van der Waals surface area (Å²) in [7, 11) is 0. The predicted octanol–water partition coefficient (Wildman–Crippen LogP) is 2.14. The second-order valence-corrected chi connectivity index (χ2v) is 4.22. The van der Waals surface area contributed by atoms with E-state index in [-0.39, 0.29) is 17.2 Å². The Balaban J connectivity index is 2.41. The second kappa shape index (κ2) is 4.53. The molecule has 1 aromatic rings. The summed E-state index contributed by atoms with van der Waals surface area (Å²) in [6.45, 7) is 0. The number of hydrogen-bond acceptors (Lipinski definition) is 3. The van der Waals surface area contributed by atoms with E-state index in [9.17, 15) is 9.59 Å². The fourth-order valence-electron chi connectivity index (χ4n) is 2.26. The third kappa shape index (κ3) is 2.27. The maximum Gasteiger partial charge on any atom is 0.355 e. The van der Waals surface area contributed by atoms with E-state index in [1.807, 2.05) is 0 Å². The van der Waals surface area contributed by atoms with Gasteiger partial charge in [0.2, 0.25) is 0 Å². The molecule has 0 amide bonds. The highest BCUT2D eigenvalue weighted by atomic mass is 16.4. The van der Waals surface area contributed by atoms with E-state index >= 15 is 0 Å². The molecule has 5 heteroatoms. The number of aromatic nitrogens is 1. The Morgan fingerprint density at radius 1 is 1.12 bits per heavy atom. The predicted molar refractivity (Wildman–Crippen MR) is 59.4 cm³/mol. The lowest BCUT2D eigenvalue weighted by atomic mass is 10.0. The first kappa shape index (κ1) is 11.6. The van der Waals surface area contributed by atoms with Crippen molar-refractivity contribution in [3.8, 4) is 0 Å². The van der Waals surface area contributed by atoms with Gasteiger partial charge in [0, 0.05) is 11.6 Å². The minimum Gasteiger partial charge on any atom is -0.478 e. The third-order valence-electron chi connectivity index (χ3n) is 3.12. The van der Waals surface area contributed by atoms with Crippen LogP contribution in [0.2, 0.25) is 0 Å². The number of pyridine rings is 1. The smallest absolute Gasteiger partial charge is 0.355 e. The van der Waals surface area contributed by atoms with Crippen molar-refractivity contribution < 1.29 is 19.8 Å². The Morgan fingerprint density at radius 3 is 2.29 bits per heavy atom. The zero-order chi connectivity index (χ0) is 12.4. The van der Waals surface area contributed by atoms with Crippen LogP contribution >= 0.6 is 0 Å². The molecule has 1 fully saturated rings. The maximum atomic E-state index is 11.0. The van der Waals surface area contributed by atoms with Crippen LogP contribution in [0.4, 0.5) is 0 Å². The molecule has 90 valence electrons. The molecule has 0 aromatic carbocycles. The zero-order valence-electron chi connectivity index (χ0n) is 9.22. The summed E-state index contributed by atoms with van der Waals surface area (Å²) in [5.74, 6) is -2.27. The van der Waals surface area contributed by atoms with Gasteiger partial charge >= 0.3 is 11.9 Å². The lowest BCUT2D eigenvalue weighted by Crippen LogP contribution is -2.12. The summed E-state index contributed by atoms with van der Waals surface area (Å²) < 4.78 is 0. The molecule has 5 nitrogen and oxygen atoms in total. The fraction of sp³-hybridized carbons (Fsp3) is 0.417. The summed E-state index contributed by atoms with van der Waals surface area (Å²) >= 11 is 0. The first-order chi connectivity index (χ1) is 8.09. The summed E-state index contributed by atoms with van der Waals surface area (Å²) in [5, 5.41) is 17.8. The van der Waals surface area contributed by atoms with Gasteiger partial charge in [-0.25, -0.2) is 14.6 Å². The largest absolute Gasteiger partial charge is 0.478 e. The van der Waals surface area contributed by atoms with Crippen molar-refractivity contribution in [1.82, 2.24) is 4.98 Å². The van der Waals surface area contributed by atoms with E-state index in [2.05, 4.69) is 4.98 Å². The lowest BCUT2D eigenvalue weighted by Gasteiger charge is -2.10. The van der Waals surface area contributed by atoms with Gasteiger partial charge in [0.05, 0.1) is 5.56 Å². The number of hydrogen-bond donors (Lipinski definition) is 2. The molecule has 2 N–H and O–H groups in total. The van der Waals surface area contributed by atoms with Gasteiger partial charge in [0.25, 0.3) is 0 Å². The van der Waals surface area contributed by atoms with E-state index in [0.29, 0.717) is 5.69 Å². The molecule has 0 radical (unpaired) electrons. The topological polar surface area (TPSA) is 87.5 Å². The molecule has 2 rings (SSSR count). The van der Waals surface area contributed by atoms with Crippen LogP contribution in [0.25, 0.3) is 0 Å². The van der Waals surface area contributed by atoms with E-state index in [0.717, 1.165) is 25.7 Å². The van der Waals surface area contributed by atoms with Crippen molar-refractivity contribution in [2.75, 3.05) is 0 Å². The van der Waals surface area contributed by atoms with Crippen LogP contribution < -0.4 is 0 Å². The fourth-order valence-corrected chi connectivity index (χ4v) is 2.26. The Morgan fingerprint density at radius 2 is 1.76 bits per heavy atom. The molecule has 1 aliphatic carbocycles. The SMILES string of the molecule is O=C(O)c1ccc(C2CCCC2)nc1C(=O)O. The normalized spacial score (nSPS) is 16.0.